The molecule has 0 aliphatic carbocycles. The van der Waals surface area contributed by atoms with Crippen LogP contribution < -0.4 is 5.73 Å². The molecule has 3 rings (SSSR count). The van der Waals surface area contributed by atoms with Crippen molar-refractivity contribution in [1.82, 2.24) is 9.55 Å². The van der Waals surface area contributed by atoms with Crippen LogP contribution in [0.1, 0.15) is 5.56 Å². The maximum Gasteiger partial charge on any atom is 0.0961 e. The third kappa shape index (κ3) is 1.57. The molecule has 80 valence electrons. The van der Waals surface area contributed by atoms with Crippen molar-refractivity contribution in [3.63, 3.8) is 0 Å². The summed E-state index contributed by atoms with van der Waals surface area (Å²) in [5, 5.41) is 4.25. The number of rotatable bonds is 2. The monoisotopic (exact) mass is 229 g/mol. The van der Waals surface area contributed by atoms with Crippen molar-refractivity contribution >= 4 is 28.1 Å². The van der Waals surface area contributed by atoms with E-state index in [1.807, 2.05) is 24.5 Å². The van der Waals surface area contributed by atoms with Crippen LogP contribution in [0.15, 0.2) is 41.4 Å². The lowest BCUT2D eigenvalue weighted by atomic mass is 10.2. The van der Waals surface area contributed by atoms with E-state index in [4.69, 9.17) is 5.73 Å². The van der Waals surface area contributed by atoms with Gasteiger partial charge in [-0.2, -0.15) is 11.3 Å². The Morgan fingerprint density at radius 3 is 3.06 bits per heavy atom. The summed E-state index contributed by atoms with van der Waals surface area (Å²) in [7, 11) is 0. The Kier molecular flexibility index (Phi) is 2.15. The first-order chi connectivity index (χ1) is 7.83. The number of imidazole rings is 1. The second-order valence-electron chi connectivity index (χ2n) is 3.75. The molecule has 3 nitrogen and oxygen atoms in total. The van der Waals surface area contributed by atoms with Crippen LogP contribution in [0.3, 0.4) is 0 Å². The van der Waals surface area contributed by atoms with Gasteiger partial charge in [0.1, 0.15) is 0 Å². The van der Waals surface area contributed by atoms with E-state index in [-0.39, 0.29) is 0 Å². The molecule has 0 spiro atoms. The molecule has 4 heteroatoms. The molecule has 0 fully saturated rings. The van der Waals surface area contributed by atoms with E-state index in [1.54, 1.807) is 11.3 Å². The van der Waals surface area contributed by atoms with Crippen molar-refractivity contribution in [2.75, 3.05) is 5.73 Å². The van der Waals surface area contributed by atoms with Crippen molar-refractivity contribution in [2.24, 2.45) is 0 Å². The number of nitrogens with zero attached hydrogens (tertiary/aromatic N) is 2. The van der Waals surface area contributed by atoms with Gasteiger partial charge in [0.05, 0.1) is 17.4 Å². The van der Waals surface area contributed by atoms with Crippen molar-refractivity contribution in [3.8, 4) is 0 Å². The van der Waals surface area contributed by atoms with Crippen LogP contribution in [-0.2, 0) is 6.54 Å². The van der Waals surface area contributed by atoms with E-state index in [9.17, 15) is 0 Å². The highest BCUT2D eigenvalue weighted by Crippen LogP contribution is 2.18. The zero-order valence-electron chi connectivity index (χ0n) is 8.63. The summed E-state index contributed by atoms with van der Waals surface area (Å²) in [5.74, 6) is 0. The minimum Gasteiger partial charge on any atom is -0.399 e. The van der Waals surface area contributed by atoms with Crippen LogP contribution in [0.25, 0.3) is 11.0 Å². The van der Waals surface area contributed by atoms with Gasteiger partial charge in [-0.15, -0.1) is 0 Å². The summed E-state index contributed by atoms with van der Waals surface area (Å²) >= 11 is 1.72. The van der Waals surface area contributed by atoms with E-state index in [2.05, 4.69) is 26.4 Å². The van der Waals surface area contributed by atoms with Crippen LogP contribution in [0, 0.1) is 0 Å². The molecule has 0 unspecified atom stereocenters. The van der Waals surface area contributed by atoms with Crippen LogP contribution in [0.5, 0.6) is 0 Å². The second-order valence-corrected chi connectivity index (χ2v) is 4.53. The number of anilines is 1. The second kappa shape index (κ2) is 3.64. The molecule has 2 aromatic heterocycles. The Labute approximate surface area is 97.2 Å². The highest BCUT2D eigenvalue weighted by molar-refractivity contribution is 7.07. The van der Waals surface area contributed by atoms with Gasteiger partial charge >= 0.3 is 0 Å². The molecule has 0 aliphatic heterocycles. The molecule has 0 bridgehead atoms. The number of aromatic nitrogens is 2. The van der Waals surface area contributed by atoms with Gasteiger partial charge in [-0.05, 0) is 40.6 Å². The standard InChI is InChI=1S/C12H11N3S/c13-10-1-2-12-11(5-10)14-8-15(12)6-9-3-4-16-7-9/h1-5,7-8H,6,13H2. The first kappa shape index (κ1) is 9.42. The number of hydrogen-bond donors (Lipinski definition) is 1. The lowest BCUT2D eigenvalue weighted by Crippen LogP contribution is -1.96. The fraction of sp³-hybridized carbons (Fsp3) is 0.0833. The van der Waals surface area contributed by atoms with Crippen molar-refractivity contribution in [1.29, 1.82) is 0 Å². The van der Waals surface area contributed by atoms with Crippen LogP contribution in [0.2, 0.25) is 0 Å². The summed E-state index contributed by atoms with van der Waals surface area (Å²) in [6, 6.07) is 7.96. The smallest absolute Gasteiger partial charge is 0.0961 e. The predicted molar refractivity (Wildman–Crippen MR) is 67.6 cm³/mol. The Morgan fingerprint density at radius 1 is 1.31 bits per heavy atom. The molecule has 0 amide bonds. The number of fused-ring (bicyclic) bond motifs is 1. The van der Waals surface area contributed by atoms with Crippen LogP contribution >= 0.6 is 11.3 Å². The van der Waals surface area contributed by atoms with Gasteiger partial charge in [-0.1, -0.05) is 0 Å². The highest BCUT2D eigenvalue weighted by Gasteiger charge is 2.03. The fourth-order valence-electron chi connectivity index (χ4n) is 1.79. The van der Waals surface area contributed by atoms with Crippen molar-refractivity contribution < 1.29 is 0 Å². The maximum absolute atomic E-state index is 5.72. The molecule has 2 heterocycles. The van der Waals surface area contributed by atoms with Crippen LogP contribution in [0.4, 0.5) is 5.69 Å². The molecule has 0 aliphatic rings. The normalized spacial score (nSPS) is 11.0. The van der Waals surface area contributed by atoms with E-state index in [1.165, 1.54) is 5.56 Å². The zero-order chi connectivity index (χ0) is 11.0. The Morgan fingerprint density at radius 2 is 2.25 bits per heavy atom. The Bertz CT molecular complexity index is 610. The van der Waals surface area contributed by atoms with Gasteiger partial charge in [-0.25, -0.2) is 4.98 Å². The molecular formula is C12H11N3S. The van der Waals surface area contributed by atoms with Crippen molar-refractivity contribution in [3.05, 3.63) is 46.9 Å². The number of thiophene rings is 1. The highest BCUT2D eigenvalue weighted by atomic mass is 32.1. The zero-order valence-corrected chi connectivity index (χ0v) is 9.45. The number of nitrogens with two attached hydrogens (primary N) is 1. The Hall–Kier alpha value is -1.81. The summed E-state index contributed by atoms with van der Waals surface area (Å²) < 4.78 is 2.14. The summed E-state index contributed by atoms with van der Waals surface area (Å²) in [6.45, 7) is 0.865. The van der Waals surface area contributed by atoms with E-state index < -0.39 is 0 Å². The molecule has 0 radical (unpaired) electrons. The first-order valence-electron chi connectivity index (χ1n) is 5.04. The number of benzene rings is 1. The fourth-order valence-corrected chi connectivity index (χ4v) is 2.45. The Balaban J connectivity index is 2.04. The molecule has 0 saturated carbocycles. The minimum absolute atomic E-state index is 0.758. The third-order valence-corrected chi connectivity index (χ3v) is 3.31. The van der Waals surface area contributed by atoms with E-state index in [0.717, 1.165) is 23.3 Å². The van der Waals surface area contributed by atoms with Gasteiger partial charge in [0.25, 0.3) is 0 Å². The van der Waals surface area contributed by atoms with E-state index in [0.29, 0.717) is 0 Å². The average Bonchev–Trinajstić information content (AvgIpc) is 2.89. The summed E-state index contributed by atoms with van der Waals surface area (Å²) in [6.07, 6.45) is 1.86. The van der Waals surface area contributed by atoms with Gasteiger partial charge < -0.3 is 10.3 Å². The average molecular weight is 229 g/mol. The lowest BCUT2D eigenvalue weighted by molar-refractivity contribution is 0.828. The maximum atomic E-state index is 5.72. The third-order valence-electron chi connectivity index (χ3n) is 2.58. The lowest BCUT2D eigenvalue weighted by Gasteiger charge is -2.02. The molecule has 2 N–H and O–H groups in total. The van der Waals surface area contributed by atoms with Gasteiger partial charge in [0.15, 0.2) is 0 Å². The number of hydrogen-bond acceptors (Lipinski definition) is 3. The minimum atomic E-state index is 0.758. The molecule has 1 aromatic carbocycles. The molecule has 0 atom stereocenters. The summed E-state index contributed by atoms with van der Waals surface area (Å²) in [4.78, 5) is 4.35. The van der Waals surface area contributed by atoms with Gasteiger partial charge in [0.2, 0.25) is 0 Å². The predicted octanol–water partition coefficient (Wildman–Crippen LogP) is 2.73. The molecule has 16 heavy (non-hydrogen) atoms. The summed E-state index contributed by atoms with van der Waals surface area (Å²) in [5.41, 5.74) is 9.87. The van der Waals surface area contributed by atoms with Crippen LogP contribution in [-0.4, -0.2) is 9.55 Å². The molecular weight excluding hydrogens is 218 g/mol. The largest absolute Gasteiger partial charge is 0.399 e. The SMILES string of the molecule is Nc1ccc2c(c1)ncn2Cc1ccsc1. The molecule has 0 saturated heterocycles. The molecule has 3 aromatic rings. The topological polar surface area (TPSA) is 43.8 Å². The van der Waals surface area contributed by atoms with E-state index >= 15 is 0 Å². The van der Waals surface area contributed by atoms with Gasteiger partial charge in [0, 0.05) is 12.2 Å². The van der Waals surface area contributed by atoms with Crippen molar-refractivity contribution in [2.45, 2.75) is 6.54 Å². The number of nitrogen functional groups attached to an aromatic ring is 1. The first-order valence-corrected chi connectivity index (χ1v) is 5.98. The quantitative estimate of drug-likeness (QED) is 0.687. The van der Waals surface area contributed by atoms with Gasteiger partial charge in [-0.3, -0.25) is 0 Å².